The molecule has 0 aromatic heterocycles. The van der Waals surface area contributed by atoms with Gasteiger partial charge in [-0.1, -0.05) is 25.7 Å². The van der Waals surface area contributed by atoms with E-state index in [2.05, 4.69) is 32.8 Å². The summed E-state index contributed by atoms with van der Waals surface area (Å²) in [7, 11) is 0. The fourth-order valence-electron chi connectivity index (χ4n) is 4.84. The fraction of sp³-hybridized carbons (Fsp3) is 0.905. The maximum atomic E-state index is 12.0. The van der Waals surface area contributed by atoms with Gasteiger partial charge >= 0.3 is 11.9 Å². The lowest BCUT2D eigenvalue weighted by molar-refractivity contribution is -0.287. The molecule has 2 N–H and O–H groups in total. The summed E-state index contributed by atoms with van der Waals surface area (Å²) in [5.74, 6) is -1.63. The van der Waals surface area contributed by atoms with Crippen LogP contribution in [0.1, 0.15) is 92.4 Å². The van der Waals surface area contributed by atoms with Crippen molar-refractivity contribution in [1.29, 1.82) is 0 Å². The first-order valence-electron chi connectivity index (χ1n) is 10.4. The SMILES string of the molecule is CCON1C(C)(C)CC(C(CCCCCCCC(=O)O)C(=O)O)CC1(C)C. The second-order valence-electron chi connectivity index (χ2n) is 9.15. The van der Waals surface area contributed by atoms with Crippen LogP contribution in [0.15, 0.2) is 0 Å². The molecule has 1 heterocycles. The fourth-order valence-corrected chi connectivity index (χ4v) is 4.84. The van der Waals surface area contributed by atoms with E-state index in [1.807, 2.05) is 6.92 Å². The lowest BCUT2D eigenvalue weighted by Crippen LogP contribution is -2.61. The largest absolute Gasteiger partial charge is 0.481 e. The Kier molecular flexibility index (Phi) is 9.22. The van der Waals surface area contributed by atoms with E-state index in [0.717, 1.165) is 38.5 Å². The predicted molar refractivity (Wildman–Crippen MR) is 105 cm³/mol. The maximum absolute atomic E-state index is 12.0. The first kappa shape index (κ1) is 23.9. The smallest absolute Gasteiger partial charge is 0.306 e. The summed E-state index contributed by atoms with van der Waals surface area (Å²) in [4.78, 5) is 28.4. The third-order valence-corrected chi connectivity index (χ3v) is 5.67. The highest BCUT2D eigenvalue weighted by atomic mass is 16.7. The average molecular weight is 386 g/mol. The van der Waals surface area contributed by atoms with E-state index in [4.69, 9.17) is 9.94 Å². The summed E-state index contributed by atoms with van der Waals surface area (Å²) >= 11 is 0. The van der Waals surface area contributed by atoms with E-state index in [9.17, 15) is 14.7 Å². The molecule has 0 aliphatic carbocycles. The Balaban J connectivity index is 2.59. The van der Waals surface area contributed by atoms with Crippen LogP contribution in [0.4, 0.5) is 0 Å². The van der Waals surface area contributed by atoms with Crippen molar-refractivity contribution >= 4 is 11.9 Å². The van der Waals surface area contributed by atoms with Crippen LogP contribution in [0.3, 0.4) is 0 Å². The van der Waals surface area contributed by atoms with Gasteiger partial charge in [0, 0.05) is 17.5 Å². The number of hydrogen-bond acceptors (Lipinski definition) is 4. The minimum atomic E-state index is -0.746. The minimum Gasteiger partial charge on any atom is -0.481 e. The summed E-state index contributed by atoms with van der Waals surface area (Å²) in [6.45, 7) is 11.1. The number of unbranched alkanes of at least 4 members (excludes halogenated alkanes) is 4. The summed E-state index contributed by atoms with van der Waals surface area (Å²) in [5, 5.41) is 20.5. The van der Waals surface area contributed by atoms with Crippen molar-refractivity contribution in [3.63, 3.8) is 0 Å². The van der Waals surface area contributed by atoms with Gasteiger partial charge < -0.3 is 10.2 Å². The normalized spacial score (nSPS) is 21.1. The van der Waals surface area contributed by atoms with Crippen molar-refractivity contribution in [2.24, 2.45) is 11.8 Å². The monoisotopic (exact) mass is 385 g/mol. The van der Waals surface area contributed by atoms with Crippen molar-refractivity contribution in [2.75, 3.05) is 6.61 Å². The predicted octanol–water partition coefficient (Wildman–Crippen LogP) is 4.72. The van der Waals surface area contributed by atoms with Gasteiger partial charge in [-0.2, -0.15) is 5.06 Å². The lowest BCUT2D eigenvalue weighted by atomic mass is 9.69. The number of hydroxylamine groups is 2. The van der Waals surface area contributed by atoms with Crippen LogP contribution in [0.25, 0.3) is 0 Å². The Morgan fingerprint density at radius 3 is 2.00 bits per heavy atom. The van der Waals surface area contributed by atoms with Crippen LogP contribution >= 0.6 is 0 Å². The molecular formula is C21H39NO5. The third kappa shape index (κ3) is 7.41. The Morgan fingerprint density at radius 1 is 1.00 bits per heavy atom. The molecule has 0 radical (unpaired) electrons. The summed E-state index contributed by atoms with van der Waals surface area (Å²) in [5.41, 5.74) is -0.403. The summed E-state index contributed by atoms with van der Waals surface area (Å²) in [6, 6.07) is 0. The summed E-state index contributed by atoms with van der Waals surface area (Å²) < 4.78 is 0. The molecule has 0 aromatic carbocycles. The minimum absolute atomic E-state index is 0.135. The maximum Gasteiger partial charge on any atom is 0.306 e. The van der Waals surface area contributed by atoms with Gasteiger partial charge in [-0.15, -0.1) is 0 Å². The van der Waals surface area contributed by atoms with Crippen LogP contribution in [-0.2, 0) is 14.4 Å². The number of hydrogen-bond donors (Lipinski definition) is 2. The van der Waals surface area contributed by atoms with Crippen molar-refractivity contribution in [1.82, 2.24) is 5.06 Å². The zero-order valence-electron chi connectivity index (χ0n) is 17.8. The zero-order valence-corrected chi connectivity index (χ0v) is 17.8. The Hall–Kier alpha value is -1.14. The Labute approximate surface area is 164 Å². The highest BCUT2D eigenvalue weighted by Gasteiger charge is 2.49. The van der Waals surface area contributed by atoms with Crippen molar-refractivity contribution < 1.29 is 24.6 Å². The molecule has 1 rings (SSSR count). The second kappa shape index (κ2) is 10.4. The van der Waals surface area contributed by atoms with Gasteiger partial charge in [0.2, 0.25) is 0 Å². The molecule has 1 saturated heterocycles. The van der Waals surface area contributed by atoms with E-state index in [1.54, 1.807) is 0 Å². The molecule has 6 nitrogen and oxygen atoms in total. The van der Waals surface area contributed by atoms with Gasteiger partial charge in [0.25, 0.3) is 0 Å². The molecule has 0 bridgehead atoms. The second-order valence-corrected chi connectivity index (χ2v) is 9.15. The van der Waals surface area contributed by atoms with Gasteiger partial charge in [-0.05, 0) is 66.2 Å². The van der Waals surface area contributed by atoms with Gasteiger partial charge in [0.15, 0.2) is 0 Å². The molecule has 0 spiro atoms. The molecule has 27 heavy (non-hydrogen) atoms. The van der Waals surface area contributed by atoms with E-state index >= 15 is 0 Å². The molecule has 1 unspecified atom stereocenters. The molecule has 0 saturated carbocycles. The van der Waals surface area contributed by atoms with Crippen molar-refractivity contribution in [3.8, 4) is 0 Å². The molecule has 1 atom stereocenters. The van der Waals surface area contributed by atoms with Crippen molar-refractivity contribution in [2.45, 2.75) is 103 Å². The molecular weight excluding hydrogens is 346 g/mol. The molecule has 1 fully saturated rings. The number of carbonyl (C=O) groups is 2. The molecule has 1 aliphatic rings. The molecule has 0 aromatic rings. The number of nitrogens with zero attached hydrogens (tertiary/aromatic N) is 1. The topological polar surface area (TPSA) is 87.1 Å². The quantitative estimate of drug-likeness (QED) is 0.473. The van der Waals surface area contributed by atoms with Crippen LogP contribution in [0.5, 0.6) is 0 Å². The Morgan fingerprint density at radius 2 is 1.52 bits per heavy atom. The average Bonchev–Trinajstić information content (AvgIpc) is 2.52. The van der Waals surface area contributed by atoms with Gasteiger partial charge in [-0.3, -0.25) is 14.4 Å². The van der Waals surface area contributed by atoms with Crippen molar-refractivity contribution in [3.05, 3.63) is 0 Å². The lowest BCUT2D eigenvalue weighted by Gasteiger charge is -2.54. The van der Waals surface area contributed by atoms with E-state index in [0.29, 0.717) is 19.4 Å². The highest BCUT2D eigenvalue weighted by Crippen LogP contribution is 2.45. The van der Waals surface area contributed by atoms with Crippen LogP contribution < -0.4 is 0 Å². The summed E-state index contributed by atoms with van der Waals surface area (Å²) in [6.07, 6.45) is 6.97. The van der Waals surface area contributed by atoms with E-state index < -0.39 is 11.9 Å². The molecule has 0 amide bonds. The number of carboxylic acid groups (broad SMARTS) is 2. The number of aliphatic carboxylic acids is 2. The van der Waals surface area contributed by atoms with Crippen LogP contribution in [0, 0.1) is 11.8 Å². The molecule has 6 heteroatoms. The Bertz CT molecular complexity index is 471. The van der Waals surface area contributed by atoms with E-state index in [-0.39, 0.29) is 29.3 Å². The number of piperidine rings is 1. The standard InChI is InChI=1S/C21H39NO5/c1-6-27-22-20(2,3)14-16(15-21(22,4)5)17(19(25)26)12-10-8-7-9-11-13-18(23)24/h16-17H,6-15H2,1-5H3,(H,23,24)(H,25,26). The molecule has 158 valence electrons. The molecule has 1 aliphatic heterocycles. The van der Waals surface area contributed by atoms with Gasteiger partial charge in [0.05, 0.1) is 12.5 Å². The van der Waals surface area contributed by atoms with Gasteiger partial charge in [0.1, 0.15) is 0 Å². The number of carboxylic acids is 2. The third-order valence-electron chi connectivity index (χ3n) is 5.67. The first-order valence-corrected chi connectivity index (χ1v) is 10.4. The highest BCUT2D eigenvalue weighted by molar-refractivity contribution is 5.70. The van der Waals surface area contributed by atoms with E-state index in [1.165, 1.54) is 0 Å². The zero-order chi connectivity index (χ0) is 20.7. The van der Waals surface area contributed by atoms with Crippen LogP contribution in [-0.4, -0.2) is 44.9 Å². The van der Waals surface area contributed by atoms with Gasteiger partial charge in [-0.25, -0.2) is 0 Å². The number of rotatable bonds is 12. The van der Waals surface area contributed by atoms with Crippen LogP contribution in [0.2, 0.25) is 0 Å². The first-order chi connectivity index (χ1) is 12.5.